The van der Waals surface area contributed by atoms with Crippen LogP contribution in [0.2, 0.25) is 0 Å². The van der Waals surface area contributed by atoms with Crippen molar-refractivity contribution in [3.8, 4) is 11.5 Å². The number of carbonyl (C=O) groups is 2. The van der Waals surface area contributed by atoms with Crippen LogP contribution in [0.4, 0.5) is 5.69 Å². The van der Waals surface area contributed by atoms with Crippen molar-refractivity contribution in [2.45, 2.75) is 12.5 Å². The quantitative estimate of drug-likeness (QED) is 0.598. The fourth-order valence-electron chi connectivity index (χ4n) is 2.84. The third-order valence-corrected chi connectivity index (χ3v) is 4.26. The summed E-state index contributed by atoms with van der Waals surface area (Å²) in [5.41, 5.74) is 1.53. The number of benzene rings is 2. The summed E-state index contributed by atoms with van der Waals surface area (Å²) in [7, 11) is 0. The molecule has 0 radical (unpaired) electrons. The molecule has 0 fully saturated rings. The van der Waals surface area contributed by atoms with Crippen molar-refractivity contribution in [1.29, 1.82) is 0 Å². The predicted molar refractivity (Wildman–Crippen MR) is 99.2 cm³/mol. The number of phenols is 1. The molecule has 1 atom stereocenters. The van der Waals surface area contributed by atoms with Gasteiger partial charge in [0, 0.05) is 18.6 Å². The Morgan fingerprint density at radius 2 is 2.04 bits per heavy atom. The first kappa shape index (κ1) is 17.6. The highest BCUT2D eigenvalue weighted by molar-refractivity contribution is 6.01. The monoisotopic (exact) mass is 379 g/mol. The molecule has 3 aromatic rings. The van der Waals surface area contributed by atoms with Gasteiger partial charge in [0.05, 0.1) is 5.69 Å². The Morgan fingerprint density at radius 3 is 2.86 bits per heavy atom. The fourth-order valence-corrected chi connectivity index (χ4v) is 2.84. The maximum atomic E-state index is 12.5. The first-order valence-electron chi connectivity index (χ1n) is 8.65. The second-order valence-corrected chi connectivity index (χ2v) is 6.35. The van der Waals surface area contributed by atoms with E-state index < -0.39 is 17.9 Å². The summed E-state index contributed by atoms with van der Waals surface area (Å²) < 4.78 is 10.8. The molecule has 0 saturated heterocycles. The minimum Gasteiger partial charge on any atom is -0.508 e. The first-order valence-corrected chi connectivity index (χ1v) is 8.65. The fraction of sp³-hybridized carbons (Fsp3) is 0.150. The van der Waals surface area contributed by atoms with E-state index in [1.165, 1.54) is 18.2 Å². The van der Waals surface area contributed by atoms with Gasteiger partial charge in [-0.25, -0.2) is 0 Å². The van der Waals surface area contributed by atoms with E-state index in [9.17, 15) is 14.7 Å². The summed E-state index contributed by atoms with van der Waals surface area (Å²) in [6, 6.07) is 14.6. The van der Waals surface area contributed by atoms with Crippen molar-refractivity contribution in [3.63, 3.8) is 0 Å². The van der Waals surface area contributed by atoms with Crippen LogP contribution in [0.5, 0.6) is 11.5 Å². The molecule has 0 aliphatic carbocycles. The van der Waals surface area contributed by atoms with Crippen molar-refractivity contribution in [1.82, 2.24) is 10.5 Å². The molecular weight excluding hydrogens is 362 g/mol. The molecule has 2 heterocycles. The number of nitrogens with zero attached hydrogens (tertiary/aromatic N) is 1. The first-order chi connectivity index (χ1) is 13.6. The maximum absolute atomic E-state index is 12.5. The van der Waals surface area contributed by atoms with Crippen molar-refractivity contribution in [2.24, 2.45) is 0 Å². The number of hydrogen-bond donors (Lipinski definition) is 3. The van der Waals surface area contributed by atoms with Crippen molar-refractivity contribution >= 4 is 17.5 Å². The number of carbonyl (C=O) groups excluding carboxylic acids is 2. The molecule has 1 aromatic heterocycles. The lowest BCUT2D eigenvalue weighted by atomic mass is 10.1. The van der Waals surface area contributed by atoms with E-state index in [1.807, 2.05) is 30.3 Å². The van der Waals surface area contributed by atoms with Crippen LogP contribution in [0.15, 0.2) is 59.1 Å². The molecule has 0 bridgehead atoms. The summed E-state index contributed by atoms with van der Waals surface area (Å²) >= 11 is 0. The van der Waals surface area contributed by atoms with Crippen LogP contribution in [-0.2, 0) is 11.2 Å². The van der Waals surface area contributed by atoms with E-state index in [4.69, 9.17) is 9.26 Å². The molecule has 2 aromatic carbocycles. The summed E-state index contributed by atoms with van der Waals surface area (Å²) in [6.45, 7) is -0.0806. The van der Waals surface area contributed by atoms with Gasteiger partial charge in [0.1, 0.15) is 29.9 Å². The lowest BCUT2D eigenvalue weighted by Crippen LogP contribution is -2.46. The zero-order valence-corrected chi connectivity index (χ0v) is 14.7. The largest absolute Gasteiger partial charge is 0.508 e. The van der Waals surface area contributed by atoms with E-state index in [-0.39, 0.29) is 18.1 Å². The van der Waals surface area contributed by atoms with Crippen molar-refractivity contribution in [2.75, 3.05) is 11.9 Å². The molecule has 3 N–H and O–H groups in total. The van der Waals surface area contributed by atoms with Crippen molar-refractivity contribution in [3.05, 3.63) is 71.6 Å². The number of ether oxygens (including phenoxy) is 1. The Bertz CT molecular complexity index is 1020. The highest BCUT2D eigenvalue weighted by atomic mass is 16.5. The number of rotatable bonds is 4. The molecule has 1 aliphatic heterocycles. The molecule has 8 nitrogen and oxygen atoms in total. The number of nitrogens with one attached hydrogen (secondary N) is 2. The lowest BCUT2D eigenvalue weighted by Gasteiger charge is -2.13. The molecule has 1 aliphatic rings. The van der Waals surface area contributed by atoms with E-state index in [0.717, 1.165) is 5.56 Å². The molecule has 28 heavy (non-hydrogen) atoms. The SMILES string of the molecule is O=C(N[C@H]1COc2cc(O)ccc2NC1=O)c1cc(Cc2ccccc2)on1. The maximum Gasteiger partial charge on any atom is 0.274 e. The number of phenolic OH excluding ortho intramolecular Hbond substituents is 1. The third kappa shape index (κ3) is 3.80. The Labute approximate surface area is 160 Å². The van der Waals surface area contributed by atoms with Crippen LogP contribution >= 0.6 is 0 Å². The smallest absolute Gasteiger partial charge is 0.274 e. The van der Waals surface area contributed by atoms with Gasteiger partial charge >= 0.3 is 0 Å². The van der Waals surface area contributed by atoms with Gasteiger partial charge in [0.25, 0.3) is 11.8 Å². The van der Waals surface area contributed by atoms with Gasteiger partial charge in [-0.1, -0.05) is 35.5 Å². The van der Waals surface area contributed by atoms with Crippen LogP contribution in [-0.4, -0.2) is 34.7 Å². The normalized spacial score (nSPS) is 15.7. The molecule has 142 valence electrons. The van der Waals surface area contributed by atoms with Crippen LogP contribution in [0, 0.1) is 0 Å². The minimum absolute atomic E-state index is 0.0176. The topological polar surface area (TPSA) is 114 Å². The van der Waals surface area contributed by atoms with Gasteiger partial charge in [0.15, 0.2) is 5.69 Å². The Kier molecular flexibility index (Phi) is 4.67. The lowest BCUT2D eigenvalue weighted by molar-refractivity contribution is -0.118. The van der Waals surface area contributed by atoms with Crippen LogP contribution in [0.3, 0.4) is 0 Å². The molecule has 0 unspecified atom stereocenters. The molecule has 0 saturated carbocycles. The highest BCUT2D eigenvalue weighted by Crippen LogP contribution is 2.30. The van der Waals surface area contributed by atoms with Crippen molar-refractivity contribution < 1.29 is 24.0 Å². The van der Waals surface area contributed by atoms with E-state index in [0.29, 0.717) is 23.6 Å². The Hall–Kier alpha value is -3.81. The van der Waals surface area contributed by atoms with Gasteiger partial charge in [-0.05, 0) is 17.7 Å². The highest BCUT2D eigenvalue weighted by Gasteiger charge is 2.27. The number of aromatic hydroxyl groups is 1. The summed E-state index contributed by atoms with van der Waals surface area (Å²) in [6.07, 6.45) is 0.507. The summed E-state index contributed by atoms with van der Waals surface area (Å²) in [5.74, 6) is -0.0760. The average Bonchev–Trinajstić information content (AvgIpc) is 3.10. The molecule has 2 amide bonds. The molecule has 8 heteroatoms. The molecular formula is C20H17N3O5. The number of amides is 2. The average molecular weight is 379 g/mol. The number of fused-ring (bicyclic) bond motifs is 1. The van der Waals surface area contributed by atoms with Gasteiger partial charge in [0.2, 0.25) is 0 Å². The number of aromatic nitrogens is 1. The van der Waals surface area contributed by atoms with E-state index >= 15 is 0 Å². The van der Waals surface area contributed by atoms with Gasteiger partial charge < -0.3 is 25.0 Å². The third-order valence-electron chi connectivity index (χ3n) is 4.26. The predicted octanol–water partition coefficient (Wildman–Crippen LogP) is 2.10. The zero-order valence-electron chi connectivity index (χ0n) is 14.7. The van der Waals surface area contributed by atoms with Crippen LogP contribution in [0.1, 0.15) is 21.8 Å². The van der Waals surface area contributed by atoms with Gasteiger partial charge in [-0.2, -0.15) is 0 Å². The standard InChI is InChI=1S/C20H17N3O5/c24-13-6-7-15-18(9-13)27-11-17(20(26)21-15)22-19(25)16-10-14(28-23-16)8-12-4-2-1-3-5-12/h1-7,9-10,17,24H,8,11H2,(H,21,26)(H,22,25)/t17-/m0/s1. The van der Waals surface area contributed by atoms with E-state index in [2.05, 4.69) is 15.8 Å². The van der Waals surface area contributed by atoms with Gasteiger partial charge in [-0.3, -0.25) is 9.59 Å². The molecule has 4 rings (SSSR count). The summed E-state index contributed by atoms with van der Waals surface area (Å²) in [5, 5.41) is 18.6. The number of anilines is 1. The van der Waals surface area contributed by atoms with E-state index in [1.54, 1.807) is 6.07 Å². The Morgan fingerprint density at radius 1 is 1.21 bits per heavy atom. The van der Waals surface area contributed by atoms with Crippen LogP contribution < -0.4 is 15.4 Å². The number of hydrogen-bond acceptors (Lipinski definition) is 6. The molecule has 0 spiro atoms. The second kappa shape index (κ2) is 7.43. The Balaban J connectivity index is 1.42. The zero-order chi connectivity index (χ0) is 19.5. The van der Waals surface area contributed by atoms with Crippen LogP contribution in [0.25, 0.3) is 0 Å². The van der Waals surface area contributed by atoms with Gasteiger partial charge in [-0.15, -0.1) is 0 Å². The second-order valence-electron chi connectivity index (χ2n) is 6.35. The minimum atomic E-state index is -0.920. The summed E-state index contributed by atoms with van der Waals surface area (Å²) in [4.78, 5) is 24.8.